The summed E-state index contributed by atoms with van der Waals surface area (Å²) in [7, 11) is 0. The van der Waals surface area contributed by atoms with Gasteiger partial charge in [0.05, 0.1) is 0 Å². The summed E-state index contributed by atoms with van der Waals surface area (Å²) >= 11 is 5.71. The molecule has 1 aromatic rings. The van der Waals surface area contributed by atoms with E-state index in [4.69, 9.17) is 16.7 Å². The zero-order valence-corrected chi connectivity index (χ0v) is 8.77. The van der Waals surface area contributed by atoms with Crippen LogP contribution in [-0.4, -0.2) is 23.1 Å². The lowest BCUT2D eigenvalue weighted by molar-refractivity contribution is -0.154. The minimum absolute atomic E-state index is 0.342. The Bertz CT molecular complexity index is 475. The molecule has 0 fully saturated rings. The molecule has 1 aliphatic rings. The molecular formula is C11H7ClO4. The van der Waals surface area contributed by atoms with Crippen LogP contribution in [0.25, 0.3) is 5.57 Å². The number of carboxylic acid groups (broad SMARTS) is 1. The van der Waals surface area contributed by atoms with E-state index in [0.29, 0.717) is 16.2 Å². The summed E-state index contributed by atoms with van der Waals surface area (Å²) in [6.07, 6.45) is -0.0455. The summed E-state index contributed by atoms with van der Waals surface area (Å²) in [4.78, 5) is 21.9. The molecule has 1 aliphatic heterocycles. The first-order chi connectivity index (χ1) is 7.58. The van der Waals surface area contributed by atoms with E-state index in [1.807, 2.05) is 0 Å². The highest BCUT2D eigenvalue weighted by atomic mass is 35.5. The average molecular weight is 239 g/mol. The van der Waals surface area contributed by atoms with Gasteiger partial charge in [0.25, 0.3) is 0 Å². The van der Waals surface area contributed by atoms with Crippen molar-refractivity contribution in [2.75, 3.05) is 0 Å². The lowest BCUT2D eigenvalue weighted by atomic mass is 10.0. The second-order valence-corrected chi connectivity index (χ2v) is 3.70. The number of halogens is 1. The molecule has 0 saturated heterocycles. The Balaban J connectivity index is 2.38. The number of hydrogen-bond donors (Lipinski definition) is 1. The number of aliphatic carboxylic acids is 1. The monoisotopic (exact) mass is 238 g/mol. The van der Waals surface area contributed by atoms with Crippen LogP contribution < -0.4 is 0 Å². The maximum absolute atomic E-state index is 11.0. The average Bonchev–Trinajstić information content (AvgIpc) is 2.61. The first kappa shape index (κ1) is 10.7. The number of carboxylic acids is 1. The molecule has 16 heavy (non-hydrogen) atoms. The van der Waals surface area contributed by atoms with E-state index < -0.39 is 18.0 Å². The molecule has 1 aromatic carbocycles. The van der Waals surface area contributed by atoms with Gasteiger partial charge >= 0.3 is 11.9 Å². The summed E-state index contributed by atoms with van der Waals surface area (Å²) in [5.74, 6) is -1.83. The van der Waals surface area contributed by atoms with Gasteiger partial charge in [-0.3, -0.25) is 0 Å². The number of benzene rings is 1. The Morgan fingerprint density at radius 3 is 2.50 bits per heavy atom. The van der Waals surface area contributed by atoms with Crippen molar-refractivity contribution in [1.82, 2.24) is 0 Å². The fourth-order valence-corrected chi connectivity index (χ4v) is 1.60. The van der Waals surface area contributed by atoms with E-state index >= 15 is 0 Å². The Morgan fingerprint density at radius 2 is 1.94 bits per heavy atom. The molecule has 4 nitrogen and oxygen atoms in total. The second kappa shape index (κ2) is 3.98. The molecule has 0 bridgehead atoms. The highest BCUT2D eigenvalue weighted by molar-refractivity contribution is 6.30. The Labute approximate surface area is 96.1 Å². The van der Waals surface area contributed by atoms with Crippen molar-refractivity contribution in [1.29, 1.82) is 0 Å². The second-order valence-electron chi connectivity index (χ2n) is 3.26. The van der Waals surface area contributed by atoms with Gasteiger partial charge in [-0.25, -0.2) is 9.59 Å². The lowest BCUT2D eigenvalue weighted by Crippen LogP contribution is -2.22. The molecule has 1 N–H and O–H groups in total. The largest absolute Gasteiger partial charge is 0.478 e. The SMILES string of the molecule is O=C1C=C(c2ccc(Cl)cc2)C(C(=O)O)O1. The van der Waals surface area contributed by atoms with Crippen LogP contribution in [-0.2, 0) is 14.3 Å². The Hall–Kier alpha value is -1.81. The molecule has 5 heteroatoms. The summed E-state index contributed by atoms with van der Waals surface area (Å²) in [6, 6.07) is 6.54. The number of ether oxygens (including phenoxy) is 1. The molecule has 1 atom stereocenters. The normalized spacial score (nSPS) is 19.2. The third-order valence-corrected chi connectivity index (χ3v) is 2.44. The van der Waals surface area contributed by atoms with Crippen LogP contribution >= 0.6 is 11.6 Å². The van der Waals surface area contributed by atoms with Crippen LogP contribution in [0.1, 0.15) is 5.56 Å². The minimum atomic E-state index is -1.23. The van der Waals surface area contributed by atoms with Gasteiger partial charge in [0, 0.05) is 16.7 Å². The first-order valence-electron chi connectivity index (χ1n) is 4.49. The van der Waals surface area contributed by atoms with Crippen molar-refractivity contribution in [2.45, 2.75) is 6.10 Å². The van der Waals surface area contributed by atoms with E-state index in [1.54, 1.807) is 24.3 Å². The molecular weight excluding hydrogens is 232 g/mol. The molecule has 1 heterocycles. The Morgan fingerprint density at radius 1 is 1.31 bits per heavy atom. The van der Waals surface area contributed by atoms with Crippen molar-refractivity contribution in [3.8, 4) is 0 Å². The molecule has 0 aliphatic carbocycles. The van der Waals surface area contributed by atoms with Crippen LogP contribution in [0, 0.1) is 0 Å². The van der Waals surface area contributed by atoms with E-state index in [-0.39, 0.29) is 0 Å². The summed E-state index contributed by atoms with van der Waals surface area (Å²) in [5.41, 5.74) is 0.955. The molecule has 0 amide bonds. The predicted molar refractivity (Wildman–Crippen MR) is 56.9 cm³/mol. The van der Waals surface area contributed by atoms with Crippen LogP contribution in [0.3, 0.4) is 0 Å². The fourth-order valence-electron chi connectivity index (χ4n) is 1.48. The molecule has 2 rings (SSSR count). The van der Waals surface area contributed by atoms with Crippen molar-refractivity contribution in [3.05, 3.63) is 40.9 Å². The number of cyclic esters (lactones) is 1. The van der Waals surface area contributed by atoms with E-state index in [0.717, 1.165) is 0 Å². The molecule has 0 aromatic heterocycles. The zero-order valence-electron chi connectivity index (χ0n) is 8.01. The predicted octanol–water partition coefficient (Wildman–Crippen LogP) is 1.73. The number of carbonyl (C=O) groups excluding carboxylic acids is 1. The third kappa shape index (κ3) is 1.92. The number of rotatable bonds is 2. The summed E-state index contributed by atoms with van der Waals surface area (Å²) in [5, 5.41) is 9.42. The van der Waals surface area contributed by atoms with Crippen LogP contribution in [0.4, 0.5) is 0 Å². The maximum Gasteiger partial charge on any atom is 0.349 e. The van der Waals surface area contributed by atoms with Gasteiger partial charge in [-0.15, -0.1) is 0 Å². The highest BCUT2D eigenvalue weighted by Gasteiger charge is 2.33. The van der Waals surface area contributed by atoms with Gasteiger partial charge in [-0.2, -0.15) is 0 Å². The summed E-state index contributed by atoms with van der Waals surface area (Å²) < 4.78 is 4.66. The number of hydrogen-bond acceptors (Lipinski definition) is 3. The van der Waals surface area contributed by atoms with Gasteiger partial charge < -0.3 is 9.84 Å². The first-order valence-corrected chi connectivity index (χ1v) is 4.86. The van der Waals surface area contributed by atoms with E-state index in [2.05, 4.69) is 4.74 Å². The zero-order chi connectivity index (χ0) is 11.7. The topological polar surface area (TPSA) is 63.6 Å². The molecule has 0 radical (unpaired) electrons. The van der Waals surface area contributed by atoms with Gasteiger partial charge in [-0.05, 0) is 17.7 Å². The minimum Gasteiger partial charge on any atom is -0.478 e. The molecule has 1 unspecified atom stereocenters. The Kier molecular flexibility index (Phi) is 2.66. The number of carbonyl (C=O) groups is 2. The standard InChI is InChI=1S/C11H7ClO4/c12-7-3-1-6(2-4-7)8-5-9(13)16-10(8)11(14)15/h1-5,10H,(H,14,15). The quantitative estimate of drug-likeness (QED) is 0.797. The van der Waals surface area contributed by atoms with E-state index in [1.165, 1.54) is 6.08 Å². The van der Waals surface area contributed by atoms with Gasteiger partial charge in [-0.1, -0.05) is 23.7 Å². The van der Waals surface area contributed by atoms with E-state index in [9.17, 15) is 9.59 Å². The smallest absolute Gasteiger partial charge is 0.349 e. The van der Waals surface area contributed by atoms with Crippen molar-refractivity contribution < 1.29 is 19.4 Å². The summed E-state index contributed by atoms with van der Waals surface area (Å²) in [6.45, 7) is 0. The molecule has 0 spiro atoms. The third-order valence-electron chi connectivity index (χ3n) is 2.19. The van der Waals surface area contributed by atoms with Gasteiger partial charge in [0.1, 0.15) is 0 Å². The van der Waals surface area contributed by atoms with Crippen LogP contribution in [0.15, 0.2) is 30.3 Å². The fraction of sp³-hybridized carbons (Fsp3) is 0.0909. The van der Waals surface area contributed by atoms with Crippen molar-refractivity contribution >= 4 is 29.1 Å². The van der Waals surface area contributed by atoms with Crippen LogP contribution in [0.2, 0.25) is 5.02 Å². The maximum atomic E-state index is 11.0. The van der Waals surface area contributed by atoms with Crippen molar-refractivity contribution in [3.63, 3.8) is 0 Å². The molecule has 82 valence electrons. The number of esters is 1. The lowest BCUT2D eigenvalue weighted by Gasteiger charge is -2.09. The highest BCUT2D eigenvalue weighted by Crippen LogP contribution is 2.27. The molecule has 0 saturated carbocycles. The van der Waals surface area contributed by atoms with Crippen LogP contribution in [0.5, 0.6) is 0 Å². The van der Waals surface area contributed by atoms with Crippen molar-refractivity contribution in [2.24, 2.45) is 0 Å². The van der Waals surface area contributed by atoms with Gasteiger partial charge in [0.2, 0.25) is 6.10 Å². The van der Waals surface area contributed by atoms with Gasteiger partial charge in [0.15, 0.2) is 0 Å².